The zero-order valence-corrected chi connectivity index (χ0v) is 16.2. The number of halogens is 1. The molecule has 3 heterocycles. The number of likely N-dealkylation sites (tertiary alicyclic amines) is 2. The first kappa shape index (κ1) is 20.0. The van der Waals surface area contributed by atoms with E-state index in [9.17, 15) is 4.79 Å². The van der Waals surface area contributed by atoms with Crippen molar-refractivity contribution in [2.24, 2.45) is 11.8 Å². The Hall–Kier alpha value is -0.320. The van der Waals surface area contributed by atoms with Crippen molar-refractivity contribution in [3.8, 4) is 0 Å². The third-order valence-electron chi connectivity index (χ3n) is 6.18. The molecule has 1 amide bonds. The van der Waals surface area contributed by atoms with Crippen LogP contribution in [0.15, 0.2) is 0 Å². The lowest BCUT2D eigenvalue weighted by Gasteiger charge is -2.36. The summed E-state index contributed by atoms with van der Waals surface area (Å²) < 4.78 is 0. The third kappa shape index (κ3) is 5.60. The zero-order valence-electron chi connectivity index (χ0n) is 15.3. The summed E-state index contributed by atoms with van der Waals surface area (Å²) >= 11 is 0. The van der Waals surface area contributed by atoms with E-state index in [1.54, 1.807) is 0 Å². The van der Waals surface area contributed by atoms with Crippen LogP contribution in [0.5, 0.6) is 0 Å². The van der Waals surface area contributed by atoms with Crippen molar-refractivity contribution in [2.45, 2.75) is 64.3 Å². The van der Waals surface area contributed by atoms with Gasteiger partial charge in [-0.2, -0.15) is 0 Å². The van der Waals surface area contributed by atoms with Crippen LogP contribution in [0.2, 0.25) is 0 Å². The van der Waals surface area contributed by atoms with Gasteiger partial charge in [0.2, 0.25) is 5.91 Å². The Bertz CT molecular complexity index is 379. The highest BCUT2D eigenvalue weighted by molar-refractivity contribution is 5.85. The molecule has 5 heteroatoms. The summed E-state index contributed by atoms with van der Waals surface area (Å²) in [5.74, 6) is 1.57. The lowest BCUT2D eigenvalue weighted by atomic mass is 9.88. The molecule has 2 atom stereocenters. The van der Waals surface area contributed by atoms with Crippen molar-refractivity contribution >= 4 is 18.3 Å². The molecule has 0 radical (unpaired) electrons. The largest absolute Gasteiger partial charge is 0.342 e. The quantitative estimate of drug-likeness (QED) is 0.821. The number of rotatable bonds is 5. The van der Waals surface area contributed by atoms with E-state index in [2.05, 4.69) is 22.0 Å². The molecule has 0 aliphatic carbocycles. The zero-order chi connectivity index (χ0) is 16.1. The molecule has 3 rings (SSSR count). The summed E-state index contributed by atoms with van der Waals surface area (Å²) in [6.45, 7) is 9.16. The molecule has 0 spiro atoms. The first-order valence-electron chi connectivity index (χ1n) is 9.97. The van der Waals surface area contributed by atoms with E-state index in [1.165, 1.54) is 58.2 Å². The van der Waals surface area contributed by atoms with Crippen LogP contribution in [0.1, 0.15) is 58.3 Å². The number of hydrogen-bond acceptors (Lipinski definition) is 3. The average Bonchev–Trinajstić information content (AvgIpc) is 3.08. The van der Waals surface area contributed by atoms with E-state index in [1.807, 2.05) is 0 Å². The van der Waals surface area contributed by atoms with Gasteiger partial charge in [0.15, 0.2) is 0 Å². The van der Waals surface area contributed by atoms with E-state index in [0.29, 0.717) is 11.9 Å². The normalized spacial score (nSPS) is 29.5. The van der Waals surface area contributed by atoms with Crippen LogP contribution in [0, 0.1) is 11.8 Å². The number of carbonyl (C=O) groups is 1. The fraction of sp³-hybridized carbons (Fsp3) is 0.947. The van der Waals surface area contributed by atoms with Gasteiger partial charge < -0.3 is 15.1 Å². The van der Waals surface area contributed by atoms with Crippen LogP contribution in [0.4, 0.5) is 0 Å². The van der Waals surface area contributed by atoms with Gasteiger partial charge in [-0.25, -0.2) is 0 Å². The minimum atomic E-state index is 0. The SMILES string of the molecule is C[C@H]1C[C@@H](C(=O)N2CCC(CCCN3CCCC3)CC2)CCN1.Cl. The fourth-order valence-corrected chi connectivity index (χ4v) is 4.67. The Morgan fingerprint density at radius 2 is 1.79 bits per heavy atom. The summed E-state index contributed by atoms with van der Waals surface area (Å²) in [5, 5.41) is 3.45. The van der Waals surface area contributed by atoms with Gasteiger partial charge in [0.05, 0.1) is 0 Å². The molecule has 3 fully saturated rings. The van der Waals surface area contributed by atoms with Crippen molar-refractivity contribution in [3.05, 3.63) is 0 Å². The number of hydrogen-bond donors (Lipinski definition) is 1. The third-order valence-corrected chi connectivity index (χ3v) is 6.18. The van der Waals surface area contributed by atoms with Crippen LogP contribution in [-0.4, -0.2) is 61.0 Å². The fourth-order valence-electron chi connectivity index (χ4n) is 4.67. The van der Waals surface area contributed by atoms with Crippen molar-refractivity contribution in [3.63, 3.8) is 0 Å². The molecular weight excluding hydrogens is 322 g/mol. The molecular formula is C19H36ClN3O. The Labute approximate surface area is 154 Å². The number of nitrogens with zero attached hydrogens (tertiary/aromatic N) is 2. The van der Waals surface area contributed by atoms with Crippen LogP contribution in [-0.2, 0) is 4.79 Å². The Morgan fingerprint density at radius 1 is 1.08 bits per heavy atom. The van der Waals surface area contributed by atoms with Gasteiger partial charge in [0.25, 0.3) is 0 Å². The molecule has 0 aromatic heterocycles. The van der Waals surface area contributed by atoms with Gasteiger partial charge in [-0.05, 0) is 90.4 Å². The molecule has 3 aliphatic rings. The molecule has 1 N–H and O–H groups in total. The standard InChI is InChI=1S/C19H35N3O.ClH/c1-16-15-18(6-9-20-16)19(23)22-13-7-17(8-14-22)5-4-12-21-10-2-3-11-21;/h16-18,20H,2-15H2,1H3;1H/t16-,18-;/m0./s1. The van der Waals surface area contributed by atoms with E-state index in [4.69, 9.17) is 0 Å². The molecule has 0 unspecified atom stereocenters. The average molecular weight is 358 g/mol. The summed E-state index contributed by atoms with van der Waals surface area (Å²) in [7, 11) is 0. The monoisotopic (exact) mass is 357 g/mol. The molecule has 0 aromatic rings. The molecule has 3 aliphatic heterocycles. The van der Waals surface area contributed by atoms with E-state index < -0.39 is 0 Å². The molecule has 24 heavy (non-hydrogen) atoms. The smallest absolute Gasteiger partial charge is 0.225 e. The summed E-state index contributed by atoms with van der Waals surface area (Å²) in [6.07, 6.45) is 10.0. The maximum atomic E-state index is 12.7. The number of carbonyl (C=O) groups excluding carboxylic acids is 1. The van der Waals surface area contributed by atoms with Crippen LogP contribution in [0.25, 0.3) is 0 Å². The van der Waals surface area contributed by atoms with Crippen molar-refractivity contribution in [1.29, 1.82) is 0 Å². The van der Waals surface area contributed by atoms with Gasteiger partial charge in [-0.1, -0.05) is 0 Å². The molecule has 3 saturated heterocycles. The van der Waals surface area contributed by atoms with Gasteiger partial charge >= 0.3 is 0 Å². The minimum absolute atomic E-state index is 0. The second-order valence-electron chi connectivity index (χ2n) is 8.04. The Balaban J connectivity index is 0.00000208. The second-order valence-corrected chi connectivity index (χ2v) is 8.04. The molecule has 140 valence electrons. The first-order chi connectivity index (χ1) is 11.2. The van der Waals surface area contributed by atoms with Crippen LogP contribution >= 0.6 is 12.4 Å². The van der Waals surface area contributed by atoms with Gasteiger partial charge in [0, 0.05) is 25.0 Å². The summed E-state index contributed by atoms with van der Waals surface area (Å²) in [4.78, 5) is 17.5. The van der Waals surface area contributed by atoms with Crippen LogP contribution in [0.3, 0.4) is 0 Å². The van der Waals surface area contributed by atoms with Gasteiger partial charge in [-0.15, -0.1) is 12.4 Å². The summed E-state index contributed by atoms with van der Waals surface area (Å²) in [5.41, 5.74) is 0. The van der Waals surface area contributed by atoms with Crippen molar-refractivity contribution in [1.82, 2.24) is 15.1 Å². The second kappa shape index (κ2) is 9.98. The number of piperidine rings is 2. The predicted molar refractivity (Wildman–Crippen MR) is 102 cm³/mol. The van der Waals surface area contributed by atoms with Crippen molar-refractivity contribution < 1.29 is 4.79 Å². The Kier molecular flexibility index (Phi) is 8.32. The highest BCUT2D eigenvalue weighted by Crippen LogP contribution is 2.26. The molecule has 0 aromatic carbocycles. The number of amides is 1. The van der Waals surface area contributed by atoms with E-state index in [-0.39, 0.29) is 18.3 Å². The lowest BCUT2D eigenvalue weighted by Crippen LogP contribution is -2.46. The molecule has 0 saturated carbocycles. The maximum Gasteiger partial charge on any atom is 0.225 e. The first-order valence-corrected chi connectivity index (χ1v) is 9.97. The highest BCUT2D eigenvalue weighted by Gasteiger charge is 2.30. The predicted octanol–water partition coefficient (Wildman–Crippen LogP) is 2.91. The molecule has 0 bridgehead atoms. The molecule has 4 nitrogen and oxygen atoms in total. The van der Waals surface area contributed by atoms with E-state index >= 15 is 0 Å². The number of nitrogens with one attached hydrogen (secondary N) is 1. The topological polar surface area (TPSA) is 35.6 Å². The van der Waals surface area contributed by atoms with Gasteiger partial charge in [-0.3, -0.25) is 4.79 Å². The summed E-state index contributed by atoms with van der Waals surface area (Å²) in [6, 6.07) is 0.501. The van der Waals surface area contributed by atoms with Crippen molar-refractivity contribution in [2.75, 3.05) is 39.3 Å². The maximum absolute atomic E-state index is 12.7. The van der Waals surface area contributed by atoms with Crippen LogP contribution < -0.4 is 5.32 Å². The Morgan fingerprint density at radius 3 is 2.46 bits per heavy atom. The lowest BCUT2D eigenvalue weighted by molar-refractivity contribution is -0.138. The highest BCUT2D eigenvalue weighted by atomic mass is 35.5. The minimum Gasteiger partial charge on any atom is -0.342 e. The van der Waals surface area contributed by atoms with Gasteiger partial charge in [0.1, 0.15) is 0 Å². The van der Waals surface area contributed by atoms with E-state index in [0.717, 1.165) is 38.4 Å².